The van der Waals surface area contributed by atoms with Crippen molar-refractivity contribution in [3.8, 4) is 0 Å². The van der Waals surface area contributed by atoms with Gasteiger partial charge in [-0.3, -0.25) is 9.69 Å². The van der Waals surface area contributed by atoms with E-state index in [2.05, 4.69) is 5.16 Å². The minimum Gasteiger partial charge on any atom is -0.480 e. The molecule has 5 nitrogen and oxygen atoms in total. The third-order valence-electron chi connectivity index (χ3n) is 2.33. The van der Waals surface area contributed by atoms with E-state index in [-0.39, 0.29) is 0 Å². The first-order valence-corrected chi connectivity index (χ1v) is 4.06. The molecule has 0 fully saturated rings. The minimum atomic E-state index is -0.889. The fourth-order valence-corrected chi connectivity index (χ4v) is 1.61. The first kappa shape index (κ1) is 8.25. The Hall–Kier alpha value is -1.36. The topological polar surface area (TPSA) is 66.6 Å². The molecule has 0 bridgehead atoms. The first-order valence-electron chi connectivity index (χ1n) is 4.06. The predicted molar refractivity (Wildman–Crippen MR) is 43.2 cm³/mol. The number of likely N-dealkylation sites (N-methyl/N-ethyl adjacent to an activating group) is 1. The summed E-state index contributed by atoms with van der Waals surface area (Å²) in [4.78, 5) is 12.6. The lowest BCUT2D eigenvalue weighted by Crippen LogP contribution is -2.36. The van der Waals surface area contributed by atoms with Crippen LogP contribution in [-0.2, 0) is 11.2 Å². The lowest BCUT2D eigenvalue weighted by atomic mass is 10.0. The molecule has 0 saturated heterocycles. The lowest BCUT2D eigenvalue weighted by Gasteiger charge is -2.26. The largest absolute Gasteiger partial charge is 0.480 e. The molecule has 1 aliphatic heterocycles. The van der Waals surface area contributed by atoms with E-state index in [1.807, 2.05) is 0 Å². The van der Waals surface area contributed by atoms with Crippen molar-refractivity contribution in [2.24, 2.45) is 0 Å². The van der Waals surface area contributed by atoms with Gasteiger partial charge >= 0.3 is 5.97 Å². The van der Waals surface area contributed by atoms with Crippen LogP contribution in [0.3, 0.4) is 0 Å². The summed E-state index contributed by atoms with van der Waals surface area (Å²) in [5.74, 6) is -0.415. The predicted octanol–water partition coefficient (Wildman–Crippen LogP) is 0.288. The van der Waals surface area contributed by atoms with Gasteiger partial charge in [-0.05, 0) is 13.5 Å². The molecule has 2 heterocycles. The van der Waals surface area contributed by atoms with Gasteiger partial charge in [0.15, 0.2) is 11.8 Å². The van der Waals surface area contributed by atoms with Gasteiger partial charge in [0.05, 0.1) is 6.20 Å². The highest BCUT2D eigenvalue weighted by molar-refractivity contribution is 5.75. The van der Waals surface area contributed by atoms with Crippen molar-refractivity contribution in [1.29, 1.82) is 0 Å². The number of aromatic nitrogens is 1. The van der Waals surface area contributed by atoms with Crippen LogP contribution in [0.1, 0.15) is 17.4 Å². The van der Waals surface area contributed by atoms with E-state index in [1.54, 1.807) is 18.1 Å². The third-order valence-corrected chi connectivity index (χ3v) is 2.33. The van der Waals surface area contributed by atoms with Gasteiger partial charge in [0.1, 0.15) is 0 Å². The van der Waals surface area contributed by atoms with Gasteiger partial charge in [-0.25, -0.2) is 0 Å². The molecule has 13 heavy (non-hydrogen) atoms. The maximum Gasteiger partial charge on any atom is 0.328 e. The second-order valence-corrected chi connectivity index (χ2v) is 3.19. The van der Waals surface area contributed by atoms with Crippen molar-refractivity contribution in [2.45, 2.75) is 12.5 Å². The van der Waals surface area contributed by atoms with E-state index in [4.69, 9.17) is 9.63 Å². The summed E-state index contributed by atoms with van der Waals surface area (Å²) in [6, 6.07) is -0.675. The molecule has 0 saturated carbocycles. The summed E-state index contributed by atoms with van der Waals surface area (Å²) >= 11 is 0. The monoisotopic (exact) mass is 182 g/mol. The lowest BCUT2D eigenvalue weighted by molar-refractivity contribution is -0.144. The van der Waals surface area contributed by atoms with Gasteiger partial charge in [0.25, 0.3) is 0 Å². The van der Waals surface area contributed by atoms with Gasteiger partial charge in [-0.15, -0.1) is 0 Å². The maximum atomic E-state index is 10.9. The fourth-order valence-electron chi connectivity index (χ4n) is 1.61. The first-order chi connectivity index (χ1) is 6.20. The number of carboxylic acid groups (broad SMARTS) is 1. The molecule has 0 spiro atoms. The molecule has 5 heteroatoms. The van der Waals surface area contributed by atoms with Crippen LogP contribution in [-0.4, -0.2) is 34.7 Å². The summed E-state index contributed by atoms with van der Waals surface area (Å²) in [6.45, 7) is 0.727. The summed E-state index contributed by atoms with van der Waals surface area (Å²) < 4.78 is 4.93. The van der Waals surface area contributed by atoms with Gasteiger partial charge in [-0.1, -0.05) is 5.16 Å². The number of fused-ring (bicyclic) bond motifs is 1. The second kappa shape index (κ2) is 2.85. The van der Waals surface area contributed by atoms with E-state index in [0.29, 0.717) is 5.76 Å². The van der Waals surface area contributed by atoms with Crippen LogP contribution in [0.4, 0.5) is 0 Å². The SMILES string of the molecule is CN1CCc2cnoc2C1C(=O)O. The Morgan fingerprint density at radius 2 is 2.62 bits per heavy atom. The van der Waals surface area contributed by atoms with Crippen molar-refractivity contribution < 1.29 is 14.4 Å². The molecule has 0 aliphatic carbocycles. The Morgan fingerprint density at radius 3 is 3.31 bits per heavy atom. The number of aliphatic carboxylic acids is 1. The number of hydrogen-bond donors (Lipinski definition) is 1. The van der Waals surface area contributed by atoms with Gasteiger partial charge in [-0.2, -0.15) is 0 Å². The van der Waals surface area contributed by atoms with Crippen molar-refractivity contribution in [1.82, 2.24) is 10.1 Å². The molecule has 2 rings (SSSR count). The van der Waals surface area contributed by atoms with Crippen molar-refractivity contribution in [2.75, 3.05) is 13.6 Å². The molecular formula is C8H10N2O3. The highest BCUT2D eigenvalue weighted by Crippen LogP contribution is 2.28. The van der Waals surface area contributed by atoms with Crippen LogP contribution < -0.4 is 0 Å². The summed E-state index contributed by atoms with van der Waals surface area (Å²) in [7, 11) is 1.77. The number of rotatable bonds is 1. The third kappa shape index (κ3) is 1.21. The van der Waals surface area contributed by atoms with Crippen molar-refractivity contribution >= 4 is 5.97 Å². The van der Waals surface area contributed by atoms with Crippen molar-refractivity contribution in [3.05, 3.63) is 17.5 Å². The number of hydrogen-bond acceptors (Lipinski definition) is 4. The Bertz CT molecular complexity index is 334. The molecule has 1 atom stereocenters. The molecule has 70 valence electrons. The zero-order valence-corrected chi connectivity index (χ0v) is 7.23. The van der Waals surface area contributed by atoms with Gasteiger partial charge < -0.3 is 9.63 Å². The molecule has 0 amide bonds. The average Bonchev–Trinajstić information content (AvgIpc) is 2.50. The normalized spacial score (nSPS) is 22.7. The van der Waals surface area contributed by atoms with Gasteiger partial charge in [0, 0.05) is 12.1 Å². The number of nitrogens with zero attached hydrogens (tertiary/aromatic N) is 2. The quantitative estimate of drug-likeness (QED) is 0.676. The Labute approximate surface area is 74.9 Å². The fraction of sp³-hybridized carbons (Fsp3) is 0.500. The van der Waals surface area contributed by atoms with E-state index in [0.717, 1.165) is 18.5 Å². The standard InChI is InChI=1S/C8H10N2O3/c1-10-3-2-5-4-9-13-7(5)6(10)8(11)12/h4,6H,2-3H2,1H3,(H,11,12). The molecule has 1 aliphatic rings. The van der Waals surface area contributed by atoms with E-state index < -0.39 is 12.0 Å². The van der Waals surface area contributed by atoms with Gasteiger partial charge in [0.2, 0.25) is 0 Å². The molecule has 1 N–H and O–H groups in total. The minimum absolute atomic E-state index is 0.473. The average molecular weight is 182 g/mol. The number of carboxylic acids is 1. The number of carbonyl (C=O) groups is 1. The molecule has 1 aromatic rings. The second-order valence-electron chi connectivity index (χ2n) is 3.19. The molecule has 1 aromatic heterocycles. The molecular weight excluding hydrogens is 172 g/mol. The van der Waals surface area contributed by atoms with Crippen LogP contribution in [0, 0.1) is 0 Å². The zero-order valence-electron chi connectivity index (χ0n) is 7.23. The Balaban J connectivity index is 2.41. The maximum absolute atomic E-state index is 10.9. The van der Waals surface area contributed by atoms with Crippen LogP contribution in [0.25, 0.3) is 0 Å². The Morgan fingerprint density at radius 1 is 1.85 bits per heavy atom. The van der Waals surface area contributed by atoms with E-state index in [1.165, 1.54) is 0 Å². The zero-order chi connectivity index (χ0) is 9.42. The highest BCUT2D eigenvalue weighted by Gasteiger charge is 2.34. The summed E-state index contributed by atoms with van der Waals surface area (Å²) in [6.07, 6.45) is 2.40. The smallest absolute Gasteiger partial charge is 0.328 e. The summed E-state index contributed by atoms with van der Waals surface area (Å²) in [5.41, 5.74) is 0.908. The molecule has 0 aromatic carbocycles. The van der Waals surface area contributed by atoms with Crippen LogP contribution in [0.2, 0.25) is 0 Å². The van der Waals surface area contributed by atoms with Crippen molar-refractivity contribution in [3.63, 3.8) is 0 Å². The van der Waals surface area contributed by atoms with Crippen LogP contribution >= 0.6 is 0 Å². The molecule has 0 radical (unpaired) electrons. The van der Waals surface area contributed by atoms with E-state index >= 15 is 0 Å². The summed E-state index contributed by atoms with van der Waals surface area (Å²) in [5, 5.41) is 12.6. The Kier molecular flexibility index (Phi) is 1.81. The van der Waals surface area contributed by atoms with Crippen LogP contribution in [0.15, 0.2) is 10.7 Å². The van der Waals surface area contributed by atoms with Crippen LogP contribution in [0.5, 0.6) is 0 Å². The highest BCUT2D eigenvalue weighted by atomic mass is 16.5. The molecule has 1 unspecified atom stereocenters. The van der Waals surface area contributed by atoms with E-state index in [9.17, 15) is 4.79 Å².